The minimum absolute atomic E-state index is 0.0122. The maximum absolute atomic E-state index is 14.0. The Balaban J connectivity index is 1.85. The first-order chi connectivity index (χ1) is 16.9. The van der Waals surface area contributed by atoms with Gasteiger partial charge in [-0.1, -0.05) is 36.9 Å². The van der Waals surface area contributed by atoms with E-state index in [0.717, 1.165) is 37.9 Å². The van der Waals surface area contributed by atoms with Crippen LogP contribution in [0.15, 0.2) is 42.5 Å². The Kier molecular flexibility index (Phi) is 8.18. The number of nitrogens with one attached hydrogen (secondary N) is 2. The van der Waals surface area contributed by atoms with E-state index in [-0.39, 0.29) is 23.5 Å². The van der Waals surface area contributed by atoms with Gasteiger partial charge in [0, 0.05) is 40.1 Å². The Hall–Kier alpha value is -2.78. The maximum Gasteiger partial charge on any atom is 0.269 e. The normalized spacial score (nSPS) is 20.5. The molecule has 8 nitrogen and oxygen atoms in total. The lowest BCUT2D eigenvalue weighted by Gasteiger charge is -2.33. The van der Waals surface area contributed by atoms with Crippen LogP contribution in [0.5, 0.6) is 0 Å². The summed E-state index contributed by atoms with van der Waals surface area (Å²) in [7, 11) is 0. The van der Waals surface area contributed by atoms with Crippen LogP contribution in [-0.4, -0.2) is 40.8 Å². The molecule has 2 aromatic rings. The number of benzene rings is 2. The number of anilines is 2. The third kappa shape index (κ3) is 5.73. The van der Waals surface area contributed by atoms with Gasteiger partial charge in [0.25, 0.3) is 11.6 Å². The summed E-state index contributed by atoms with van der Waals surface area (Å²) in [6.07, 6.45) is 7.46. The summed E-state index contributed by atoms with van der Waals surface area (Å²) in [4.78, 5) is 40.4. The quantitative estimate of drug-likeness (QED) is 0.381. The SMILES string of the molecule is CSCCC1Nc2ccc([N+](=O)[O-])cc2C(C(=O)NC2CCCCC2)N(c2cccc(Cl)c2)C1=O. The van der Waals surface area contributed by atoms with Crippen molar-refractivity contribution in [3.8, 4) is 0 Å². The van der Waals surface area contributed by atoms with Gasteiger partial charge in [0.1, 0.15) is 12.1 Å². The number of hydrogen-bond acceptors (Lipinski definition) is 6. The lowest BCUT2D eigenvalue weighted by molar-refractivity contribution is -0.384. The number of carbonyl (C=O) groups excluding carboxylic acids is 2. The second kappa shape index (κ2) is 11.3. The van der Waals surface area contributed by atoms with Gasteiger partial charge in [0.05, 0.1) is 4.92 Å². The molecule has 2 aliphatic rings. The Morgan fingerprint density at radius 3 is 2.69 bits per heavy atom. The molecule has 0 saturated heterocycles. The minimum Gasteiger partial charge on any atom is -0.373 e. The molecule has 0 aromatic heterocycles. The van der Waals surface area contributed by atoms with Crippen molar-refractivity contribution in [1.29, 1.82) is 0 Å². The number of thioether (sulfide) groups is 1. The van der Waals surface area contributed by atoms with Crippen molar-refractivity contribution in [2.24, 2.45) is 0 Å². The van der Waals surface area contributed by atoms with Crippen LogP contribution in [0.2, 0.25) is 5.02 Å². The smallest absolute Gasteiger partial charge is 0.269 e. The zero-order chi connectivity index (χ0) is 24.9. The number of halogens is 1. The van der Waals surface area contributed by atoms with Crippen LogP contribution in [0.1, 0.15) is 50.1 Å². The molecule has 4 rings (SSSR count). The van der Waals surface area contributed by atoms with Crippen molar-refractivity contribution in [2.75, 3.05) is 22.2 Å². The second-order valence-corrected chi connectivity index (χ2v) is 10.4. The van der Waals surface area contributed by atoms with Crippen molar-refractivity contribution in [2.45, 2.75) is 56.7 Å². The highest BCUT2D eigenvalue weighted by atomic mass is 35.5. The van der Waals surface area contributed by atoms with Gasteiger partial charge in [-0.05, 0) is 55.5 Å². The predicted molar refractivity (Wildman–Crippen MR) is 140 cm³/mol. The molecule has 0 radical (unpaired) electrons. The van der Waals surface area contributed by atoms with Crippen LogP contribution in [0.3, 0.4) is 0 Å². The van der Waals surface area contributed by atoms with Crippen LogP contribution >= 0.6 is 23.4 Å². The number of amides is 2. The number of carbonyl (C=O) groups is 2. The van der Waals surface area contributed by atoms with E-state index in [2.05, 4.69) is 10.6 Å². The molecule has 186 valence electrons. The molecule has 10 heteroatoms. The molecule has 1 aliphatic heterocycles. The van der Waals surface area contributed by atoms with Crippen LogP contribution < -0.4 is 15.5 Å². The fraction of sp³-hybridized carbons (Fsp3) is 0.440. The zero-order valence-electron chi connectivity index (χ0n) is 19.5. The van der Waals surface area contributed by atoms with Crippen LogP contribution in [0, 0.1) is 10.1 Å². The Bertz CT molecular complexity index is 1110. The summed E-state index contributed by atoms with van der Waals surface area (Å²) in [5, 5.41) is 18.4. The third-order valence-corrected chi connectivity index (χ3v) is 7.44. The van der Waals surface area contributed by atoms with Crippen molar-refractivity contribution in [3.05, 3.63) is 63.2 Å². The molecule has 2 unspecified atom stereocenters. The molecule has 1 fully saturated rings. The first kappa shape index (κ1) is 25.3. The molecule has 1 saturated carbocycles. The van der Waals surface area contributed by atoms with Crippen molar-refractivity contribution in [3.63, 3.8) is 0 Å². The number of non-ortho nitro benzene ring substituents is 1. The summed E-state index contributed by atoms with van der Waals surface area (Å²) >= 11 is 7.90. The number of nitrogens with zero attached hydrogens (tertiary/aromatic N) is 2. The van der Waals surface area contributed by atoms with E-state index < -0.39 is 17.0 Å². The first-order valence-electron chi connectivity index (χ1n) is 11.8. The largest absolute Gasteiger partial charge is 0.373 e. The Labute approximate surface area is 213 Å². The fourth-order valence-corrected chi connectivity index (χ4v) is 5.48. The first-order valence-corrected chi connectivity index (χ1v) is 13.6. The molecular weight excluding hydrogens is 488 g/mol. The molecule has 0 bridgehead atoms. The average molecular weight is 517 g/mol. The summed E-state index contributed by atoms with van der Waals surface area (Å²) < 4.78 is 0. The van der Waals surface area contributed by atoms with Crippen molar-refractivity contribution < 1.29 is 14.5 Å². The van der Waals surface area contributed by atoms with E-state index in [9.17, 15) is 19.7 Å². The van der Waals surface area contributed by atoms with Crippen LogP contribution in [0.25, 0.3) is 0 Å². The number of rotatable bonds is 7. The van der Waals surface area contributed by atoms with Gasteiger partial charge < -0.3 is 10.6 Å². The van der Waals surface area contributed by atoms with Gasteiger partial charge in [0.2, 0.25) is 5.91 Å². The van der Waals surface area contributed by atoms with E-state index >= 15 is 0 Å². The minimum atomic E-state index is -1.08. The van der Waals surface area contributed by atoms with Gasteiger partial charge in [-0.25, -0.2) is 0 Å². The van der Waals surface area contributed by atoms with Gasteiger partial charge in [-0.3, -0.25) is 24.6 Å². The summed E-state index contributed by atoms with van der Waals surface area (Å²) in [6.45, 7) is 0. The van der Waals surface area contributed by atoms with Crippen LogP contribution in [-0.2, 0) is 9.59 Å². The van der Waals surface area contributed by atoms with Gasteiger partial charge in [-0.2, -0.15) is 11.8 Å². The van der Waals surface area contributed by atoms with Crippen molar-refractivity contribution >= 4 is 52.2 Å². The highest BCUT2D eigenvalue weighted by Crippen LogP contribution is 2.39. The number of nitro groups is 1. The van der Waals surface area contributed by atoms with Gasteiger partial charge in [0.15, 0.2) is 0 Å². The highest BCUT2D eigenvalue weighted by molar-refractivity contribution is 7.98. The van der Waals surface area contributed by atoms with E-state index in [1.54, 1.807) is 42.1 Å². The second-order valence-electron chi connectivity index (χ2n) is 8.94. The number of nitro benzene ring substituents is 1. The van der Waals surface area contributed by atoms with E-state index in [4.69, 9.17) is 11.6 Å². The van der Waals surface area contributed by atoms with Crippen LogP contribution in [0.4, 0.5) is 17.1 Å². The van der Waals surface area contributed by atoms with Gasteiger partial charge >= 0.3 is 0 Å². The molecule has 2 atom stereocenters. The topological polar surface area (TPSA) is 105 Å². The number of hydrogen-bond donors (Lipinski definition) is 2. The monoisotopic (exact) mass is 516 g/mol. The summed E-state index contributed by atoms with van der Waals surface area (Å²) in [6, 6.07) is 9.53. The molecule has 1 heterocycles. The lowest BCUT2D eigenvalue weighted by atomic mass is 9.94. The molecule has 0 spiro atoms. The van der Waals surface area contributed by atoms with E-state index in [1.165, 1.54) is 17.0 Å². The average Bonchev–Trinajstić information content (AvgIpc) is 2.97. The van der Waals surface area contributed by atoms with Gasteiger partial charge in [-0.15, -0.1) is 0 Å². The third-order valence-electron chi connectivity index (χ3n) is 6.56. The molecule has 2 amide bonds. The number of fused-ring (bicyclic) bond motifs is 1. The highest BCUT2D eigenvalue weighted by Gasteiger charge is 2.41. The maximum atomic E-state index is 14.0. The van der Waals surface area contributed by atoms with E-state index in [1.807, 2.05) is 6.26 Å². The molecule has 2 aromatic carbocycles. The van der Waals surface area contributed by atoms with E-state index in [0.29, 0.717) is 28.4 Å². The zero-order valence-corrected chi connectivity index (χ0v) is 21.1. The molecular formula is C25H29ClN4O4S. The van der Waals surface area contributed by atoms with Crippen molar-refractivity contribution in [1.82, 2.24) is 5.32 Å². The standard InChI is InChI=1S/C25H29ClN4O4S/c1-35-13-12-22-25(32)29(18-9-5-6-16(26)14-18)23(24(31)27-17-7-3-2-4-8-17)20-15-19(30(33)34)10-11-21(20)28-22/h5-6,9-11,14-15,17,22-23,28H,2-4,7-8,12-13H2,1H3,(H,27,31). The molecule has 2 N–H and O–H groups in total. The Morgan fingerprint density at radius 1 is 1.23 bits per heavy atom. The summed E-state index contributed by atoms with van der Waals surface area (Å²) in [5.41, 5.74) is 1.28. The molecule has 35 heavy (non-hydrogen) atoms. The Morgan fingerprint density at radius 2 is 2.00 bits per heavy atom. The molecule has 1 aliphatic carbocycles. The lowest BCUT2D eigenvalue weighted by Crippen LogP contribution is -2.49. The predicted octanol–water partition coefficient (Wildman–Crippen LogP) is 5.32. The fourth-order valence-electron chi connectivity index (χ4n) is 4.82. The summed E-state index contributed by atoms with van der Waals surface area (Å²) in [5.74, 6) is 0.108.